The molecule has 266 valence electrons. The Bertz CT molecular complexity index is 1130. The Morgan fingerprint density at radius 2 is 1.52 bits per heavy atom. The first-order valence-electron chi connectivity index (χ1n) is 17.5. The Hall–Kier alpha value is -0.660. The van der Waals surface area contributed by atoms with Gasteiger partial charge >= 0.3 is 0 Å². The molecule has 5 fully saturated rings. The second-order valence-corrected chi connectivity index (χ2v) is 17.9. The molecular weight excluding hydrogens is 592 g/mol. The average Bonchev–Trinajstić information content (AvgIpc) is 3.32. The van der Waals surface area contributed by atoms with Crippen molar-refractivity contribution in [2.45, 2.75) is 161 Å². The van der Waals surface area contributed by atoms with E-state index in [9.17, 15) is 40.9 Å². The fourth-order valence-electron chi connectivity index (χ4n) is 11.8. The van der Waals surface area contributed by atoms with Crippen LogP contribution in [0.4, 0.5) is 0 Å². The molecule has 5 aliphatic rings. The minimum absolute atomic E-state index is 0.0847. The van der Waals surface area contributed by atoms with Gasteiger partial charge in [-0.2, -0.15) is 0 Å². The Morgan fingerprint density at radius 1 is 0.870 bits per heavy atom. The van der Waals surface area contributed by atoms with Crippen molar-refractivity contribution in [2.24, 2.45) is 45.3 Å². The van der Waals surface area contributed by atoms with Crippen molar-refractivity contribution in [1.82, 2.24) is 0 Å². The molecule has 4 saturated carbocycles. The molecule has 5 rings (SSSR count). The maximum absolute atomic E-state index is 12.1. The van der Waals surface area contributed by atoms with E-state index in [0.717, 1.165) is 19.3 Å². The number of ether oxygens (including phenoxy) is 2. The topological polar surface area (TPSA) is 180 Å². The predicted octanol–water partition coefficient (Wildman–Crippen LogP) is 2.27. The van der Waals surface area contributed by atoms with Crippen molar-refractivity contribution in [3.8, 4) is 0 Å². The van der Waals surface area contributed by atoms with Crippen LogP contribution >= 0.6 is 0 Å². The van der Waals surface area contributed by atoms with Crippen LogP contribution in [-0.2, 0) is 9.47 Å². The molecule has 0 unspecified atom stereocenters. The molecule has 0 radical (unpaired) electrons. The Morgan fingerprint density at radius 3 is 2.13 bits per heavy atom. The van der Waals surface area contributed by atoms with Gasteiger partial charge in [-0.3, -0.25) is 0 Å². The van der Waals surface area contributed by atoms with Gasteiger partial charge in [-0.1, -0.05) is 46.8 Å². The van der Waals surface area contributed by atoms with Gasteiger partial charge in [0.05, 0.1) is 36.1 Å². The van der Waals surface area contributed by atoms with Crippen LogP contribution in [0.25, 0.3) is 0 Å². The average molecular weight is 655 g/mol. The highest BCUT2D eigenvalue weighted by molar-refractivity contribution is 5.22. The second-order valence-electron chi connectivity index (χ2n) is 17.9. The number of hydrogen-bond acceptors (Lipinski definition) is 10. The fourth-order valence-corrected chi connectivity index (χ4v) is 11.8. The van der Waals surface area contributed by atoms with Crippen molar-refractivity contribution in [2.75, 3.05) is 6.61 Å². The Balaban J connectivity index is 1.54. The predicted molar refractivity (Wildman–Crippen MR) is 171 cm³/mol. The quantitative estimate of drug-likeness (QED) is 0.150. The summed E-state index contributed by atoms with van der Waals surface area (Å²) >= 11 is 0. The van der Waals surface area contributed by atoms with Crippen LogP contribution < -0.4 is 0 Å². The molecule has 0 aromatic rings. The zero-order valence-corrected chi connectivity index (χ0v) is 29.1. The maximum Gasteiger partial charge on any atom is 0.186 e. The summed E-state index contributed by atoms with van der Waals surface area (Å²) in [6.45, 7) is 15.6. The first-order valence-corrected chi connectivity index (χ1v) is 17.5. The summed E-state index contributed by atoms with van der Waals surface area (Å²) in [6.07, 6.45) is -0.816. The van der Waals surface area contributed by atoms with Crippen LogP contribution in [0.2, 0.25) is 0 Å². The van der Waals surface area contributed by atoms with Crippen molar-refractivity contribution < 1.29 is 50.3 Å². The monoisotopic (exact) mass is 654 g/mol. The lowest BCUT2D eigenvalue weighted by molar-refractivity contribution is -0.346. The summed E-state index contributed by atoms with van der Waals surface area (Å²) in [5, 5.41) is 87.4. The van der Waals surface area contributed by atoms with Crippen molar-refractivity contribution in [1.29, 1.82) is 0 Å². The third kappa shape index (κ3) is 5.64. The van der Waals surface area contributed by atoms with Crippen molar-refractivity contribution in [3.05, 3.63) is 12.2 Å². The Kier molecular flexibility index (Phi) is 9.55. The standard InChI is InChI=1S/C36H62O10/c1-31(2,43)12-9-13-36(8,44)19-10-15-34(6)25(19)20(38)16-23-33(5)14-11-24(39)32(3,4)29(33)21(17-35(23,34)7)45-30-28(42)27(41)26(40)22(18-37)46-30/h9,12,19-30,37-44H,10-11,13-18H2,1-8H3/b12-9+/t19-,20+,21-,22+,23+,24-,25-,26+,27-,28+,29-,30+,33+,34+,35+,36-/m0/s1. The summed E-state index contributed by atoms with van der Waals surface area (Å²) < 4.78 is 12.6. The molecule has 0 aromatic heterocycles. The van der Waals surface area contributed by atoms with Crippen LogP contribution in [0.5, 0.6) is 0 Å². The highest BCUT2D eigenvalue weighted by atomic mass is 16.7. The van der Waals surface area contributed by atoms with Gasteiger partial charge in [-0.05, 0) is 111 Å². The number of fused-ring (bicyclic) bond motifs is 5. The van der Waals surface area contributed by atoms with Gasteiger partial charge < -0.3 is 50.3 Å². The largest absolute Gasteiger partial charge is 0.394 e. The van der Waals surface area contributed by atoms with Crippen LogP contribution in [0.15, 0.2) is 12.2 Å². The van der Waals surface area contributed by atoms with Gasteiger partial charge in [-0.15, -0.1) is 0 Å². The van der Waals surface area contributed by atoms with E-state index in [1.807, 2.05) is 13.0 Å². The van der Waals surface area contributed by atoms with Crippen molar-refractivity contribution >= 4 is 0 Å². The van der Waals surface area contributed by atoms with Gasteiger partial charge in [-0.25, -0.2) is 0 Å². The molecule has 10 nitrogen and oxygen atoms in total. The molecule has 46 heavy (non-hydrogen) atoms. The Labute approximate surface area is 274 Å². The van der Waals surface area contributed by atoms with Gasteiger partial charge in [0.15, 0.2) is 6.29 Å². The first kappa shape index (κ1) is 36.6. The smallest absolute Gasteiger partial charge is 0.186 e. The normalized spacial score (nSPS) is 52.1. The summed E-state index contributed by atoms with van der Waals surface area (Å²) in [5.41, 5.74) is -3.78. The zero-order valence-electron chi connectivity index (χ0n) is 29.1. The van der Waals surface area contributed by atoms with Gasteiger partial charge in [0, 0.05) is 0 Å². The van der Waals surface area contributed by atoms with Crippen LogP contribution in [0.1, 0.15) is 100 Å². The molecule has 0 aromatic carbocycles. The van der Waals surface area contributed by atoms with Crippen LogP contribution in [-0.4, -0.2) is 108 Å². The minimum atomic E-state index is -1.56. The molecule has 8 N–H and O–H groups in total. The van der Waals surface area contributed by atoms with E-state index >= 15 is 0 Å². The van der Waals surface area contributed by atoms with Gasteiger partial charge in [0.2, 0.25) is 0 Å². The summed E-state index contributed by atoms with van der Waals surface area (Å²) in [7, 11) is 0. The molecule has 0 amide bonds. The van der Waals surface area contributed by atoms with E-state index in [1.165, 1.54) is 0 Å². The SMILES string of the molecule is CC(C)(O)/C=C/C[C@](C)(O)[C@H]1CC[C@]2(C)[C@@H]1[C@H](O)C[C@@H]1[C@@]3(C)CC[C@H](O)C(C)(C)[C@@H]3[C@@H](O[C@@H]3O[C@H](CO)[C@@H](O)[C@H](O)[C@H]3O)C[C@]12C. The van der Waals surface area contributed by atoms with E-state index in [-0.39, 0.29) is 39.9 Å². The number of hydrogen-bond donors (Lipinski definition) is 8. The van der Waals surface area contributed by atoms with E-state index in [1.54, 1.807) is 19.9 Å². The van der Waals surface area contributed by atoms with E-state index in [2.05, 4.69) is 34.6 Å². The van der Waals surface area contributed by atoms with Gasteiger partial charge in [0.25, 0.3) is 0 Å². The summed E-state index contributed by atoms with van der Waals surface area (Å²) in [6, 6.07) is 0. The lowest BCUT2D eigenvalue weighted by Crippen LogP contribution is -2.71. The molecule has 4 aliphatic carbocycles. The number of aliphatic hydroxyl groups is 8. The summed E-state index contributed by atoms with van der Waals surface area (Å²) in [4.78, 5) is 0. The molecule has 0 bridgehead atoms. The van der Waals surface area contributed by atoms with E-state index in [4.69, 9.17) is 9.47 Å². The lowest BCUT2D eigenvalue weighted by atomic mass is 9.34. The fraction of sp³-hybridized carbons (Fsp3) is 0.944. The number of aliphatic hydroxyl groups excluding tert-OH is 6. The van der Waals surface area contributed by atoms with E-state index < -0.39 is 72.2 Å². The lowest BCUT2D eigenvalue weighted by Gasteiger charge is -2.72. The zero-order chi connectivity index (χ0) is 34.4. The second kappa shape index (κ2) is 12.0. The molecular formula is C36H62O10. The maximum atomic E-state index is 12.1. The molecule has 10 heteroatoms. The van der Waals surface area contributed by atoms with Crippen LogP contribution in [0.3, 0.4) is 0 Å². The highest BCUT2D eigenvalue weighted by Gasteiger charge is 2.73. The van der Waals surface area contributed by atoms with Gasteiger partial charge in [0.1, 0.15) is 24.4 Å². The number of rotatable bonds is 7. The highest BCUT2D eigenvalue weighted by Crippen LogP contribution is 2.76. The summed E-state index contributed by atoms with van der Waals surface area (Å²) in [5.74, 6) is -0.457. The molecule has 1 heterocycles. The molecule has 1 saturated heterocycles. The van der Waals surface area contributed by atoms with E-state index in [0.29, 0.717) is 25.7 Å². The molecule has 0 spiro atoms. The minimum Gasteiger partial charge on any atom is -0.394 e. The third-order valence-electron chi connectivity index (χ3n) is 14.2. The third-order valence-corrected chi connectivity index (χ3v) is 14.2. The van der Waals surface area contributed by atoms with Crippen molar-refractivity contribution in [3.63, 3.8) is 0 Å². The molecule has 16 atom stereocenters. The first-order chi connectivity index (χ1) is 21.0. The molecule has 1 aliphatic heterocycles. The van der Waals surface area contributed by atoms with Crippen LogP contribution in [0, 0.1) is 45.3 Å².